The normalized spacial score (nSPS) is 15.0. The van der Waals surface area contributed by atoms with Crippen LogP contribution in [-0.2, 0) is 15.6 Å². The first-order valence-electron chi connectivity index (χ1n) is 8.67. The van der Waals surface area contributed by atoms with Crippen molar-refractivity contribution in [1.82, 2.24) is 9.97 Å². The lowest BCUT2D eigenvalue weighted by Crippen LogP contribution is -2.31. The van der Waals surface area contributed by atoms with Gasteiger partial charge in [0.15, 0.2) is 9.84 Å². The van der Waals surface area contributed by atoms with E-state index in [2.05, 4.69) is 25.6 Å². The molecule has 0 atom stereocenters. The Balaban J connectivity index is 1.61. The van der Waals surface area contributed by atoms with Gasteiger partial charge >= 0.3 is 5.95 Å². The molecule has 0 amide bonds. The smallest absolute Gasteiger partial charge is 0.336 e. The largest absolute Gasteiger partial charge is 0.351 e. The molecule has 26 heavy (non-hydrogen) atoms. The molecule has 8 heteroatoms. The molecule has 4 rings (SSSR count). The van der Waals surface area contributed by atoms with E-state index >= 15 is 0 Å². The van der Waals surface area contributed by atoms with Crippen LogP contribution in [0.3, 0.4) is 0 Å². The number of nitrogens with zero attached hydrogens (tertiary/aromatic N) is 1. The highest BCUT2D eigenvalue weighted by atomic mass is 32.2. The maximum atomic E-state index is 11.5. The lowest BCUT2D eigenvalue weighted by molar-refractivity contribution is -0.346. The molecule has 1 saturated carbocycles. The van der Waals surface area contributed by atoms with Gasteiger partial charge in [-0.05, 0) is 43.0 Å². The van der Waals surface area contributed by atoms with Crippen LogP contribution in [0.5, 0.6) is 0 Å². The van der Waals surface area contributed by atoms with E-state index in [4.69, 9.17) is 0 Å². The highest BCUT2D eigenvalue weighted by Gasteiger charge is 2.22. The van der Waals surface area contributed by atoms with Gasteiger partial charge in [-0.15, -0.1) is 0 Å². The van der Waals surface area contributed by atoms with Crippen LogP contribution in [0.15, 0.2) is 36.5 Å². The Morgan fingerprint density at radius 2 is 2.15 bits per heavy atom. The zero-order chi connectivity index (χ0) is 18.1. The average Bonchev–Trinajstić information content (AvgIpc) is 2.98. The highest BCUT2D eigenvalue weighted by Crippen LogP contribution is 2.26. The number of sulfone groups is 1. The number of anilines is 3. The molecule has 3 aromatic rings. The molecule has 2 heterocycles. The summed E-state index contributed by atoms with van der Waals surface area (Å²) in [5.74, 6) is 1.55. The van der Waals surface area contributed by atoms with E-state index in [0.29, 0.717) is 12.0 Å². The summed E-state index contributed by atoms with van der Waals surface area (Å²) in [5, 5.41) is 7.80. The molecular formula is C18H22N5O2S+. The van der Waals surface area contributed by atoms with E-state index in [1.807, 2.05) is 30.5 Å². The lowest BCUT2D eigenvalue weighted by Gasteiger charge is -2.24. The maximum absolute atomic E-state index is 11.5. The summed E-state index contributed by atoms with van der Waals surface area (Å²) in [7, 11) is -3.07. The van der Waals surface area contributed by atoms with Gasteiger partial charge < -0.3 is 10.3 Å². The topological polar surface area (TPSA) is 101 Å². The van der Waals surface area contributed by atoms with Crippen molar-refractivity contribution in [2.24, 2.45) is 0 Å². The summed E-state index contributed by atoms with van der Waals surface area (Å²) in [6.07, 6.45) is 6.72. The Morgan fingerprint density at radius 3 is 2.88 bits per heavy atom. The Bertz CT molecular complexity index is 1040. The van der Waals surface area contributed by atoms with E-state index in [1.54, 1.807) is 6.07 Å². The van der Waals surface area contributed by atoms with Crippen LogP contribution in [0.2, 0.25) is 0 Å². The van der Waals surface area contributed by atoms with Crippen molar-refractivity contribution in [2.45, 2.75) is 31.1 Å². The standard InChI is InChI=1S/C18H21N5O2S/c1-26(24,25)11-12-4-2-7-14(10-12)21-18-22-16-15(8-9-19-16)17(23-18)20-13-5-3-6-13/h2,4,7-10,13H,3,5-6,11H2,1H3,(H3,19,20,21,22,23)/p+1. The summed E-state index contributed by atoms with van der Waals surface area (Å²) in [5.41, 5.74) is 2.32. The SMILES string of the molecule is CS(=O)(=O)Cc1cccc(Nc2nc3[nH]ccc3c(NC3CCC3)[nH+]2)c1. The Kier molecular flexibility index (Phi) is 4.28. The summed E-state index contributed by atoms with van der Waals surface area (Å²) in [4.78, 5) is 11.0. The minimum absolute atomic E-state index is 0.0177. The van der Waals surface area contributed by atoms with E-state index < -0.39 is 9.84 Å². The van der Waals surface area contributed by atoms with Gasteiger partial charge in [0.1, 0.15) is 0 Å². The molecule has 1 aromatic carbocycles. The van der Waals surface area contributed by atoms with Gasteiger partial charge in [0.25, 0.3) is 0 Å². The minimum atomic E-state index is -3.07. The second-order valence-electron chi connectivity index (χ2n) is 6.87. The quantitative estimate of drug-likeness (QED) is 0.617. The fraction of sp³-hybridized carbons (Fsp3) is 0.333. The minimum Gasteiger partial charge on any atom is -0.336 e. The number of aromatic nitrogens is 3. The second kappa shape index (κ2) is 6.60. The number of nitrogens with one attached hydrogen (secondary N) is 4. The first-order valence-corrected chi connectivity index (χ1v) is 10.7. The number of benzene rings is 1. The molecule has 0 radical (unpaired) electrons. The van der Waals surface area contributed by atoms with Gasteiger partial charge in [-0.2, -0.15) is 0 Å². The van der Waals surface area contributed by atoms with E-state index in [-0.39, 0.29) is 5.75 Å². The van der Waals surface area contributed by atoms with E-state index in [0.717, 1.165) is 28.1 Å². The van der Waals surface area contributed by atoms with Crippen molar-refractivity contribution in [2.75, 3.05) is 16.9 Å². The molecule has 7 nitrogen and oxygen atoms in total. The summed E-state index contributed by atoms with van der Waals surface area (Å²) < 4.78 is 23.0. The van der Waals surface area contributed by atoms with Gasteiger partial charge in [-0.25, -0.2) is 13.4 Å². The van der Waals surface area contributed by atoms with Crippen molar-refractivity contribution in [3.05, 3.63) is 42.1 Å². The van der Waals surface area contributed by atoms with E-state index in [1.165, 1.54) is 25.5 Å². The van der Waals surface area contributed by atoms with Crippen LogP contribution in [0.25, 0.3) is 11.0 Å². The number of hydrogen-bond donors (Lipinski definition) is 3. The molecule has 0 unspecified atom stereocenters. The summed E-state index contributed by atoms with van der Waals surface area (Å²) in [6, 6.07) is 9.85. The zero-order valence-corrected chi connectivity index (χ0v) is 15.4. The molecule has 0 saturated heterocycles. The molecule has 1 aliphatic rings. The second-order valence-corrected chi connectivity index (χ2v) is 9.01. The third kappa shape index (κ3) is 3.80. The van der Waals surface area contributed by atoms with Crippen LogP contribution >= 0.6 is 0 Å². The third-order valence-electron chi connectivity index (χ3n) is 4.53. The third-order valence-corrected chi connectivity index (χ3v) is 5.39. The van der Waals surface area contributed by atoms with Gasteiger partial charge in [0, 0.05) is 12.5 Å². The molecule has 0 bridgehead atoms. The number of aromatic amines is 2. The van der Waals surface area contributed by atoms with Gasteiger partial charge in [0.2, 0.25) is 11.5 Å². The van der Waals surface area contributed by atoms with E-state index in [9.17, 15) is 8.42 Å². The van der Waals surface area contributed by atoms with Crippen molar-refractivity contribution in [1.29, 1.82) is 0 Å². The van der Waals surface area contributed by atoms with Crippen LogP contribution in [0.1, 0.15) is 24.8 Å². The van der Waals surface area contributed by atoms with Crippen LogP contribution in [-0.4, -0.2) is 30.7 Å². The first-order chi connectivity index (χ1) is 12.5. The molecule has 1 fully saturated rings. The highest BCUT2D eigenvalue weighted by molar-refractivity contribution is 7.89. The zero-order valence-electron chi connectivity index (χ0n) is 14.5. The number of rotatable bonds is 6. The van der Waals surface area contributed by atoms with Crippen molar-refractivity contribution < 1.29 is 13.4 Å². The lowest BCUT2D eigenvalue weighted by atomic mass is 9.93. The van der Waals surface area contributed by atoms with Crippen LogP contribution < -0.4 is 15.6 Å². The van der Waals surface area contributed by atoms with Gasteiger partial charge in [-0.3, -0.25) is 5.32 Å². The Morgan fingerprint density at radius 1 is 1.31 bits per heavy atom. The molecule has 0 aliphatic heterocycles. The fourth-order valence-corrected chi connectivity index (χ4v) is 3.87. The summed E-state index contributed by atoms with van der Waals surface area (Å²) >= 11 is 0. The van der Waals surface area contributed by atoms with Crippen molar-refractivity contribution in [3.8, 4) is 0 Å². The number of hydrogen-bond acceptors (Lipinski definition) is 5. The predicted octanol–water partition coefficient (Wildman–Crippen LogP) is 2.63. The predicted molar refractivity (Wildman–Crippen MR) is 102 cm³/mol. The molecule has 0 spiro atoms. The monoisotopic (exact) mass is 372 g/mol. The summed E-state index contributed by atoms with van der Waals surface area (Å²) in [6.45, 7) is 0. The maximum Gasteiger partial charge on any atom is 0.351 e. The molecule has 1 aliphatic carbocycles. The first kappa shape index (κ1) is 16.8. The van der Waals surface area contributed by atoms with Gasteiger partial charge in [0.05, 0.1) is 22.9 Å². The van der Waals surface area contributed by atoms with Crippen LogP contribution in [0, 0.1) is 0 Å². The fourth-order valence-electron chi connectivity index (χ4n) is 3.09. The van der Waals surface area contributed by atoms with Crippen LogP contribution in [0.4, 0.5) is 17.5 Å². The molecule has 4 N–H and O–H groups in total. The average molecular weight is 372 g/mol. The number of fused-ring (bicyclic) bond motifs is 1. The Labute approximate surface area is 152 Å². The molecular weight excluding hydrogens is 350 g/mol. The van der Waals surface area contributed by atoms with Crippen molar-refractivity contribution >= 4 is 38.3 Å². The Hall–Kier alpha value is -2.61. The molecule has 2 aromatic heterocycles. The van der Waals surface area contributed by atoms with Gasteiger partial charge in [-0.1, -0.05) is 17.1 Å². The van der Waals surface area contributed by atoms with Crippen molar-refractivity contribution in [3.63, 3.8) is 0 Å². The number of H-pyrrole nitrogens is 2. The molecule has 136 valence electrons.